The molecule has 0 amide bonds. The Morgan fingerprint density at radius 3 is 2.41 bits per heavy atom. The predicted octanol–water partition coefficient (Wildman–Crippen LogP) is 4.06. The van der Waals surface area contributed by atoms with Crippen molar-refractivity contribution in [3.05, 3.63) is 59.1 Å². The fourth-order valence-corrected chi connectivity index (χ4v) is 2.01. The molecule has 2 nitrogen and oxygen atoms in total. The van der Waals surface area contributed by atoms with Crippen LogP contribution >= 0.6 is 15.9 Å². The third-order valence-electron chi connectivity index (χ3n) is 2.63. The number of fused-ring (bicyclic) bond motifs is 1. The standard InChI is InChI=1S/C14H9BrN2/c15-12-7-5-10(6-8-12)14-9-11-3-1-2-4-13(11)16-17-14/h1-9H. The Kier molecular flexibility index (Phi) is 2.61. The van der Waals surface area contributed by atoms with Gasteiger partial charge >= 0.3 is 0 Å². The van der Waals surface area contributed by atoms with Gasteiger partial charge in [0.05, 0.1) is 11.2 Å². The summed E-state index contributed by atoms with van der Waals surface area (Å²) in [6.45, 7) is 0. The van der Waals surface area contributed by atoms with Crippen molar-refractivity contribution in [3.8, 4) is 11.3 Å². The van der Waals surface area contributed by atoms with Crippen LogP contribution in [0.2, 0.25) is 0 Å². The van der Waals surface area contributed by atoms with Gasteiger partial charge in [-0.2, -0.15) is 0 Å². The minimum Gasteiger partial charge on any atom is -0.150 e. The highest BCUT2D eigenvalue weighted by Gasteiger charge is 2.01. The van der Waals surface area contributed by atoms with E-state index in [0.717, 1.165) is 26.6 Å². The highest BCUT2D eigenvalue weighted by atomic mass is 79.9. The van der Waals surface area contributed by atoms with Crippen molar-refractivity contribution < 1.29 is 0 Å². The van der Waals surface area contributed by atoms with Crippen LogP contribution in [0.15, 0.2) is 59.1 Å². The summed E-state index contributed by atoms with van der Waals surface area (Å²) < 4.78 is 1.06. The van der Waals surface area contributed by atoms with Crippen molar-refractivity contribution in [2.45, 2.75) is 0 Å². The molecule has 0 unspecified atom stereocenters. The molecule has 0 spiro atoms. The second kappa shape index (κ2) is 4.26. The number of rotatable bonds is 1. The first-order valence-electron chi connectivity index (χ1n) is 5.31. The minimum absolute atomic E-state index is 0.899. The average molecular weight is 285 g/mol. The molecule has 3 heteroatoms. The lowest BCUT2D eigenvalue weighted by Gasteiger charge is -2.02. The number of benzene rings is 2. The molecule has 0 atom stereocenters. The molecule has 0 radical (unpaired) electrons. The van der Waals surface area contributed by atoms with Crippen molar-refractivity contribution in [1.29, 1.82) is 0 Å². The fraction of sp³-hybridized carbons (Fsp3) is 0. The van der Waals surface area contributed by atoms with Gasteiger partial charge in [0.1, 0.15) is 0 Å². The lowest BCUT2D eigenvalue weighted by Crippen LogP contribution is -1.88. The first kappa shape index (κ1) is 10.4. The number of hydrogen-bond acceptors (Lipinski definition) is 2. The number of aromatic nitrogens is 2. The quantitative estimate of drug-likeness (QED) is 0.673. The van der Waals surface area contributed by atoms with Gasteiger partial charge in [0.15, 0.2) is 0 Å². The van der Waals surface area contributed by atoms with E-state index in [2.05, 4.69) is 32.2 Å². The van der Waals surface area contributed by atoms with Gasteiger partial charge in [-0.05, 0) is 24.3 Å². The summed E-state index contributed by atoms with van der Waals surface area (Å²) in [4.78, 5) is 0. The largest absolute Gasteiger partial charge is 0.150 e. The molecule has 0 N–H and O–H groups in total. The Morgan fingerprint density at radius 1 is 0.824 bits per heavy atom. The zero-order valence-electron chi connectivity index (χ0n) is 8.97. The maximum absolute atomic E-state index is 4.24. The molecule has 2 aromatic carbocycles. The van der Waals surface area contributed by atoms with Crippen molar-refractivity contribution >= 4 is 26.8 Å². The van der Waals surface area contributed by atoms with Crippen molar-refractivity contribution in [1.82, 2.24) is 10.2 Å². The third-order valence-corrected chi connectivity index (χ3v) is 3.16. The monoisotopic (exact) mass is 284 g/mol. The Morgan fingerprint density at radius 2 is 1.59 bits per heavy atom. The first-order chi connectivity index (χ1) is 8.33. The maximum atomic E-state index is 4.24. The van der Waals surface area contributed by atoms with Gasteiger partial charge in [-0.1, -0.05) is 46.3 Å². The summed E-state index contributed by atoms with van der Waals surface area (Å²) in [6.07, 6.45) is 0. The van der Waals surface area contributed by atoms with Gasteiger partial charge in [0, 0.05) is 15.4 Å². The first-order valence-corrected chi connectivity index (χ1v) is 6.11. The lowest BCUT2D eigenvalue weighted by atomic mass is 10.1. The van der Waals surface area contributed by atoms with Crippen LogP contribution in [0.1, 0.15) is 0 Å². The van der Waals surface area contributed by atoms with Crippen LogP contribution in [0.3, 0.4) is 0 Å². The molecule has 1 heterocycles. The Labute approximate surface area is 107 Å². The number of nitrogens with zero attached hydrogens (tertiary/aromatic N) is 2. The van der Waals surface area contributed by atoms with E-state index in [4.69, 9.17) is 0 Å². The normalized spacial score (nSPS) is 10.6. The number of halogens is 1. The van der Waals surface area contributed by atoms with Gasteiger partial charge in [-0.25, -0.2) is 0 Å². The molecule has 3 rings (SSSR count). The van der Waals surface area contributed by atoms with Gasteiger partial charge in [-0.3, -0.25) is 0 Å². The summed E-state index contributed by atoms with van der Waals surface area (Å²) in [5, 5.41) is 9.57. The Balaban J connectivity index is 2.14. The van der Waals surface area contributed by atoms with Gasteiger partial charge in [0.2, 0.25) is 0 Å². The summed E-state index contributed by atoms with van der Waals surface area (Å²) >= 11 is 3.42. The minimum atomic E-state index is 0.899. The molecule has 0 aliphatic heterocycles. The highest BCUT2D eigenvalue weighted by Crippen LogP contribution is 2.22. The van der Waals surface area contributed by atoms with E-state index in [1.54, 1.807) is 0 Å². The van der Waals surface area contributed by atoms with Crippen LogP contribution in [0.5, 0.6) is 0 Å². The lowest BCUT2D eigenvalue weighted by molar-refractivity contribution is 1.08. The van der Waals surface area contributed by atoms with E-state index in [1.807, 2.05) is 48.5 Å². The predicted molar refractivity (Wildman–Crippen MR) is 72.7 cm³/mol. The second-order valence-corrected chi connectivity index (χ2v) is 4.71. The van der Waals surface area contributed by atoms with Crippen molar-refractivity contribution in [2.24, 2.45) is 0 Å². The molecule has 0 aliphatic rings. The van der Waals surface area contributed by atoms with Gasteiger partial charge in [-0.15, -0.1) is 10.2 Å². The van der Waals surface area contributed by atoms with Crippen LogP contribution in [-0.4, -0.2) is 10.2 Å². The Hall–Kier alpha value is -1.74. The molecule has 0 saturated heterocycles. The average Bonchev–Trinajstić information content (AvgIpc) is 2.39. The van der Waals surface area contributed by atoms with Crippen LogP contribution in [0, 0.1) is 0 Å². The maximum Gasteiger partial charge on any atom is 0.0936 e. The van der Waals surface area contributed by atoms with Crippen LogP contribution < -0.4 is 0 Å². The Bertz CT molecular complexity index is 662. The van der Waals surface area contributed by atoms with Crippen molar-refractivity contribution in [3.63, 3.8) is 0 Å². The highest BCUT2D eigenvalue weighted by molar-refractivity contribution is 9.10. The zero-order valence-corrected chi connectivity index (χ0v) is 10.6. The van der Waals surface area contributed by atoms with E-state index in [1.165, 1.54) is 0 Å². The molecule has 0 aliphatic carbocycles. The van der Waals surface area contributed by atoms with Crippen LogP contribution in [0.25, 0.3) is 22.2 Å². The zero-order chi connectivity index (χ0) is 11.7. The summed E-state index contributed by atoms with van der Waals surface area (Å²) in [5.41, 5.74) is 2.90. The molecule has 0 bridgehead atoms. The van der Waals surface area contributed by atoms with E-state index >= 15 is 0 Å². The van der Waals surface area contributed by atoms with E-state index < -0.39 is 0 Å². The van der Waals surface area contributed by atoms with Crippen molar-refractivity contribution in [2.75, 3.05) is 0 Å². The van der Waals surface area contributed by atoms with E-state index in [-0.39, 0.29) is 0 Å². The molecular formula is C14H9BrN2. The van der Waals surface area contributed by atoms with E-state index in [9.17, 15) is 0 Å². The topological polar surface area (TPSA) is 25.8 Å². The summed E-state index contributed by atoms with van der Waals surface area (Å²) in [5.74, 6) is 0. The smallest absolute Gasteiger partial charge is 0.0936 e. The van der Waals surface area contributed by atoms with Gasteiger partial charge < -0.3 is 0 Å². The fourth-order valence-electron chi connectivity index (χ4n) is 1.75. The molecule has 0 saturated carbocycles. The molecule has 17 heavy (non-hydrogen) atoms. The molecule has 3 aromatic rings. The van der Waals surface area contributed by atoms with Crippen LogP contribution in [-0.2, 0) is 0 Å². The molecule has 82 valence electrons. The summed E-state index contributed by atoms with van der Waals surface area (Å²) in [7, 11) is 0. The third kappa shape index (κ3) is 2.06. The van der Waals surface area contributed by atoms with E-state index in [0.29, 0.717) is 0 Å². The molecule has 0 fully saturated rings. The second-order valence-electron chi connectivity index (χ2n) is 3.80. The van der Waals surface area contributed by atoms with Gasteiger partial charge in [0.25, 0.3) is 0 Å². The summed E-state index contributed by atoms with van der Waals surface area (Å²) in [6, 6.07) is 18.1. The van der Waals surface area contributed by atoms with Crippen LogP contribution in [0.4, 0.5) is 0 Å². The number of hydrogen-bond donors (Lipinski definition) is 0. The molecule has 1 aromatic heterocycles. The molecular weight excluding hydrogens is 276 g/mol. The SMILES string of the molecule is Brc1ccc(-c2cc3ccccc3nn2)cc1.